The van der Waals surface area contributed by atoms with E-state index in [0.29, 0.717) is 34.4 Å². The minimum atomic E-state index is -0.361. The predicted molar refractivity (Wildman–Crippen MR) is 166 cm³/mol. The first-order valence-electron chi connectivity index (χ1n) is 14.1. The van der Waals surface area contributed by atoms with Gasteiger partial charge in [0, 0.05) is 29.7 Å². The van der Waals surface area contributed by atoms with Gasteiger partial charge in [0.15, 0.2) is 0 Å². The van der Waals surface area contributed by atoms with Crippen molar-refractivity contribution < 1.29 is 28.7 Å². The van der Waals surface area contributed by atoms with Crippen molar-refractivity contribution in [2.75, 3.05) is 9.80 Å². The van der Waals surface area contributed by atoms with E-state index in [-0.39, 0.29) is 29.0 Å². The number of hydrogen-bond acceptors (Lipinski definition) is 6. The number of benzene rings is 4. The van der Waals surface area contributed by atoms with Gasteiger partial charge in [0.05, 0.1) is 11.4 Å². The predicted octanol–water partition coefficient (Wildman–Crippen LogP) is 6.85. The van der Waals surface area contributed by atoms with Crippen molar-refractivity contribution in [2.24, 2.45) is 0 Å². The molecule has 4 amide bonds. The monoisotopic (exact) mass is 584 g/mol. The van der Waals surface area contributed by atoms with Gasteiger partial charge in [0.2, 0.25) is 0 Å². The highest BCUT2D eigenvalue weighted by atomic mass is 16.5. The standard InChI is InChI=1S/C36H28N2O6/c1-3-36(2,24-4-12-28(13-5-24)43-30-16-8-26(9-17-30)37-32(39)20-21-33(37)40)25-6-14-29(15-7-25)44-31-18-10-27(11-19-31)38-34(41)22-23-35(38)42/h4-23H,3H2,1-2H3. The third-order valence-corrected chi connectivity index (χ3v) is 7.97. The topological polar surface area (TPSA) is 93.2 Å². The fourth-order valence-corrected chi connectivity index (χ4v) is 5.26. The molecule has 0 atom stereocenters. The molecule has 0 fully saturated rings. The molecule has 0 aliphatic carbocycles. The highest BCUT2D eigenvalue weighted by Crippen LogP contribution is 2.38. The van der Waals surface area contributed by atoms with Crippen LogP contribution in [0.1, 0.15) is 31.4 Å². The molecule has 0 N–H and O–H groups in total. The average molecular weight is 585 g/mol. The normalized spacial score (nSPS) is 14.6. The van der Waals surface area contributed by atoms with E-state index in [4.69, 9.17) is 9.47 Å². The van der Waals surface area contributed by atoms with Crippen molar-refractivity contribution in [3.63, 3.8) is 0 Å². The number of ether oxygens (including phenoxy) is 2. The van der Waals surface area contributed by atoms with Crippen molar-refractivity contribution in [2.45, 2.75) is 25.7 Å². The fourth-order valence-electron chi connectivity index (χ4n) is 5.26. The molecule has 4 aromatic rings. The lowest BCUT2D eigenvalue weighted by molar-refractivity contribution is -0.121. The molecule has 0 saturated heterocycles. The van der Waals surface area contributed by atoms with Gasteiger partial charge < -0.3 is 9.47 Å². The number of anilines is 2. The summed E-state index contributed by atoms with van der Waals surface area (Å²) in [4.78, 5) is 49.9. The Balaban J connectivity index is 1.11. The highest BCUT2D eigenvalue weighted by molar-refractivity contribution is 6.28. The maximum atomic E-state index is 11.9. The van der Waals surface area contributed by atoms with Crippen LogP contribution in [0, 0.1) is 0 Å². The van der Waals surface area contributed by atoms with Crippen molar-refractivity contribution in [3.05, 3.63) is 132 Å². The van der Waals surface area contributed by atoms with E-state index in [1.54, 1.807) is 48.5 Å². The van der Waals surface area contributed by atoms with Crippen molar-refractivity contribution in [1.82, 2.24) is 0 Å². The Bertz CT molecular complexity index is 1640. The van der Waals surface area contributed by atoms with E-state index < -0.39 is 0 Å². The quantitative estimate of drug-likeness (QED) is 0.200. The number of amides is 4. The summed E-state index contributed by atoms with van der Waals surface area (Å²) in [6, 6.07) is 29.5. The molecular formula is C36H28N2O6. The van der Waals surface area contributed by atoms with E-state index in [9.17, 15) is 19.2 Å². The molecule has 44 heavy (non-hydrogen) atoms. The number of imide groups is 2. The minimum absolute atomic E-state index is 0.258. The number of nitrogens with zero attached hydrogens (tertiary/aromatic N) is 2. The summed E-state index contributed by atoms with van der Waals surface area (Å²) in [6.45, 7) is 4.34. The second kappa shape index (κ2) is 11.5. The van der Waals surface area contributed by atoms with E-state index in [1.807, 2.05) is 24.3 Å². The Kier molecular flexibility index (Phi) is 7.41. The molecule has 8 heteroatoms. The van der Waals surface area contributed by atoms with E-state index >= 15 is 0 Å². The van der Waals surface area contributed by atoms with Gasteiger partial charge in [-0.2, -0.15) is 0 Å². The lowest BCUT2D eigenvalue weighted by Gasteiger charge is -2.30. The van der Waals surface area contributed by atoms with Crippen LogP contribution in [0.25, 0.3) is 0 Å². The molecule has 8 nitrogen and oxygen atoms in total. The van der Waals surface area contributed by atoms with Crippen molar-refractivity contribution in [1.29, 1.82) is 0 Å². The fraction of sp³-hybridized carbons (Fsp3) is 0.111. The second-order valence-electron chi connectivity index (χ2n) is 10.6. The van der Waals surface area contributed by atoms with Crippen LogP contribution >= 0.6 is 0 Å². The zero-order chi connectivity index (χ0) is 30.8. The number of rotatable bonds is 9. The third-order valence-electron chi connectivity index (χ3n) is 7.97. The molecule has 2 heterocycles. The summed E-state index contributed by atoms with van der Waals surface area (Å²) >= 11 is 0. The van der Waals surface area contributed by atoms with Crippen LogP contribution < -0.4 is 19.3 Å². The number of carbonyl (C=O) groups is 4. The molecule has 0 aromatic heterocycles. The molecule has 4 aromatic carbocycles. The summed E-state index contributed by atoms with van der Waals surface area (Å²) in [5, 5.41) is 0. The van der Waals surface area contributed by atoms with Gasteiger partial charge >= 0.3 is 0 Å². The second-order valence-corrected chi connectivity index (χ2v) is 10.6. The Morgan fingerprint density at radius 1 is 0.477 bits per heavy atom. The lowest BCUT2D eigenvalue weighted by Crippen LogP contribution is -2.29. The van der Waals surface area contributed by atoms with Crippen LogP contribution in [0.3, 0.4) is 0 Å². The van der Waals surface area contributed by atoms with Gasteiger partial charge in [-0.25, -0.2) is 9.80 Å². The largest absolute Gasteiger partial charge is 0.457 e. The smallest absolute Gasteiger partial charge is 0.258 e. The van der Waals surface area contributed by atoms with Crippen LogP contribution in [0.4, 0.5) is 11.4 Å². The lowest BCUT2D eigenvalue weighted by atomic mass is 9.74. The van der Waals surface area contributed by atoms with Crippen LogP contribution in [-0.4, -0.2) is 23.6 Å². The van der Waals surface area contributed by atoms with Gasteiger partial charge in [-0.05, 0) is 90.3 Å². The summed E-state index contributed by atoms with van der Waals surface area (Å²) in [7, 11) is 0. The van der Waals surface area contributed by atoms with Crippen LogP contribution in [0.5, 0.6) is 23.0 Å². The highest BCUT2D eigenvalue weighted by Gasteiger charge is 2.28. The van der Waals surface area contributed by atoms with Crippen molar-refractivity contribution >= 4 is 35.0 Å². The summed E-state index contributed by atoms with van der Waals surface area (Å²) < 4.78 is 12.0. The molecular weight excluding hydrogens is 556 g/mol. The number of carbonyl (C=O) groups excluding carboxylic acids is 4. The zero-order valence-corrected chi connectivity index (χ0v) is 24.1. The Hall–Kier alpha value is -5.76. The molecule has 0 saturated carbocycles. The van der Waals surface area contributed by atoms with Gasteiger partial charge in [-0.15, -0.1) is 0 Å². The summed E-state index contributed by atoms with van der Waals surface area (Å²) in [5.41, 5.74) is 2.99. The van der Waals surface area contributed by atoms with Gasteiger partial charge in [-0.1, -0.05) is 38.1 Å². The molecule has 2 aliphatic rings. The first kappa shape index (κ1) is 28.4. The van der Waals surface area contributed by atoms with Gasteiger partial charge in [-0.3, -0.25) is 19.2 Å². The van der Waals surface area contributed by atoms with E-state index in [2.05, 4.69) is 38.1 Å². The summed E-state index contributed by atoms with van der Waals surface area (Å²) in [6.07, 6.45) is 5.88. The molecule has 0 unspecified atom stereocenters. The summed E-state index contributed by atoms with van der Waals surface area (Å²) in [5.74, 6) is 1.07. The minimum Gasteiger partial charge on any atom is -0.457 e. The maximum Gasteiger partial charge on any atom is 0.258 e. The van der Waals surface area contributed by atoms with Gasteiger partial charge in [0.25, 0.3) is 23.6 Å². The zero-order valence-electron chi connectivity index (χ0n) is 24.1. The first-order chi connectivity index (χ1) is 21.2. The van der Waals surface area contributed by atoms with E-state index in [1.165, 1.54) is 24.3 Å². The van der Waals surface area contributed by atoms with E-state index in [0.717, 1.165) is 27.3 Å². The van der Waals surface area contributed by atoms with Crippen LogP contribution in [0.15, 0.2) is 121 Å². The van der Waals surface area contributed by atoms with Crippen LogP contribution in [-0.2, 0) is 24.6 Å². The molecule has 6 rings (SSSR count). The molecule has 2 aliphatic heterocycles. The molecule has 0 spiro atoms. The Labute approximate surface area is 254 Å². The maximum absolute atomic E-state index is 11.9. The molecule has 218 valence electrons. The Morgan fingerprint density at radius 3 is 1.02 bits per heavy atom. The third kappa shape index (κ3) is 5.41. The molecule has 0 bridgehead atoms. The molecule has 0 radical (unpaired) electrons. The Morgan fingerprint density at radius 2 is 0.750 bits per heavy atom. The van der Waals surface area contributed by atoms with Gasteiger partial charge in [0.1, 0.15) is 23.0 Å². The average Bonchev–Trinajstić information content (AvgIpc) is 3.57. The van der Waals surface area contributed by atoms with Crippen LogP contribution in [0.2, 0.25) is 0 Å². The first-order valence-corrected chi connectivity index (χ1v) is 14.1. The SMILES string of the molecule is CCC(C)(c1ccc(Oc2ccc(N3C(=O)C=CC3=O)cc2)cc1)c1ccc(Oc2ccc(N3C(=O)C=CC3=O)cc2)cc1. The van der Waals surface area contributed by atoms with Crippen molar-refractivity contribution in [3.8, 4) is 23.0 Å². The number of hydrogen-bond donors (Lipinski definition) is 0.